The van der Waals surface area contributed by atoms with E-state index >= 15 is 0 Å². The summed E-state index contributed by atoms with van der Waals surface area (Å²) in [5.41, 5.74) is -0.250. The minimum atomic E-state index is -0.739. The molecule has 4 fully saturated rings. The van der Waals surface area contributed by atoms with Crippen LogP contribution in [0.15, 0.2) is 0 Å². The molecule has 0 aromatic rings. The van der Waals surface area contributed by atoms with Gasteiger partial charge in [0, 0.05) is 19.3 Å². The van der Waals surface area contributed by atoms with Gasteiger partial charge in [0.25, 0.3) is 0 Å². The molecule has 4 rings (SSSR count). The van der Waals surface area contributed by atoms with Gasteiger partial charge >= 0.3 is 17.9 Å². The Balaban J connectivity index is 1.46. The highest BCUT2D eigenvalue weighted by Gasteiger charge is 2.63. The number of hydrogen-bond donors (Lipinski definition) is 0. The molecule has 8 atom stereocenters. The van der Waals surface area contributed by atoms with Gasteiger partial charge in [-0.1, -0.05) is 13.8 Å². The van der Waals surface area contributed by atoms with Crippen molar-refractivity contribution in [3.8, 4) is 0 Å². The van der Waals surface area contributed by atoms with E-state index in [0.29, 0.717) is 24.2 Å². The van der Waals surface area contributed by atoms with Gasteiger partial charge in [-0.25, -0.2) is 4.79 Å². The van der Waals surface area contributed by atoms with Crippen molar-refractivity contribution in [3.05, 3.63) is 0 Å². The lowest BCUT2D eigenvalue weighted by atomic mass is 9.45. The Labute approximate surface area is 189 Å². The van der Waals surface area contributed by atoms with Gasteiger partial charge in [0.2, 0.25) is 0 Å². The molecule has 0 aromatic carbocycles. The van der Waals surface area contributed by atoms with Crippen LogP contribution in [0.25, 0.3) is 0 Å². The van der Waals surface area contributed by atoms with E-state index in [4.69, 9.17) is 14.2 Å². The van der Waals surface area contributed by atoms with Crippen LogP contribution in [0.1, 0.15) is 79.1 Å². The number of rotatable bonds is 4. The van der Waals surface area contributed by atoms with Gasteiger partial charge < -0.3 is 14.2 Å². The molecular weight excluding hydrogens is 412 g/mol. The van der Waals surface area contributed by atoms with Gasteiger partial charge in [0.05, 0.1) is 0 Å². The summed E-state index contributed by atoms with van der Waals surface area (Å²) in [6, 6.07) is 0. The molecule has 0 aromatic heterocycles. The first-order valence-corrected chi connectivity index (χ1v) is 12.1. The van der Waals surface area contributed by atoms with Crippen molar-refractivity contribution < 1.29 is 33.4 Å². The summed E-state index contributed by atoms with van der Waals surface area (Å²) in [7, 11) is 0. The van der Waals surface area contributed by atoms with Crippen LogP contribution in [0.4, 0.5) is 0 Å². The average molecular weight is 449 g/mol. The molecule has 0 radical (unpaired) electrons. The van der Waals surface area contributed by atoms with Crippen LogP contribution >= 0.6 is 0 Å². The van der Waals surface area contributed by atoms with Crippen LogP contribution in [0.5, 0.6) is 0 Å². The van der Waals surface area contributed by atoms with E-state index in [1.165, 1.54) is 13.8 Å². The molecule has 178 valence electrons. The average Bonchev–Trinajstić information content (AvgIpc) is 2.97. The zero-order valence-corrected chi connectivity index (χ0v) is 19.7. The van der Waals surface area contributed by atoms with Crippen LogP contribution < -0.4 is 0 Å². The number of Topliss-reactive ketones (excluding diaryl/α,β-unsaturated/α-hetero) is 1. The van der Waals surface area contributed by atoms with Gasteiger partial charge in [0.15, 0.2) is 18.5 Å². The maximum Gasteiger partial charge on any atom is 0.344 e. The number of ether oxygens (including phenoxy) is 3. The lowest BCUT2D eigenvalue weighted by molar-refractivity contribution is -0.164. The molecule has 0 amide bonds. The van der Waals surface area contributed by atoms with Crippen molar-refractivity contribution in [2.75, 3.05) is 6.61 Å². The van der Waals surface area contributed by atoms with E-state index in [1.54, 1.807) is 0 Å². The van der Waals surface area contributed by atoms with E-state index < -0.39 is 30.1 Å². The topological polar surface area (TPSA) is 96.0 Å². The number of carbonyl (C=O) groups is 4. The minimum Gasteiger partial charge on any atom is -0.463 e. The predicted molar refractivity (Wildman–Crippen MR) is 114 cm³/mol. The van der Waals surface area contributed by atoms with Crippen molar-refractivity contribution in [3.63, 3.8) is 0 Å². The van der Waals surface area contributed by atoms with Gasteiger partial charge in [-0.2, -0.15) is 0 Å². The Bertz CT molecular complexity index is 806. The Morgan fingerprint density at radius 2 is 1.66 bits per heavy atom. The minimum absolute atomic E-state index is 0.0305. The normalized spacial score (nSPS) is 42.8. The monoisotopic (exact) mass is 448 g/mol. The number of esters is 3. The summed E-state index contributed by atoms with van der Waals surface area (Å²) < 4.78 is 15.8. The van der Waals surface area contributed by atoms with Crippen molar-refractivity contribution in [1.29, 1.82) is 0 Å². The van der Waals surface area contributed by atoms with Gasteiger partial charge in [0.1, 0.15) is 6.10 Å². The Morgan fingerprint density at radius 1 is 0.906 bits per heavy atom. The zero-order chi connectivity index (χ0) is 23.3. The van der Waals surface area contributed by atoms with Crippen LogP contribution in [0.2, 0.25) is 0 Å². The van der Waals surface area contributed by atoms with Crippen LogP contribution in [-0.4, -0.2) is 42.5 Å². The zero-order valence-electron chi connectivity index (χ0n) is 19.7. The molecule has 0 bridgehead atoms. The second kappa shape index (κ2) is 8.45. The van der Waals surface area contributed by atoms with Crippen molar-refractivity contribution in [2.24, 2.45) is 34.5 Å². The maximum atomic E-state index is 13.3. The fourth-order valence-corrected chi connectivity index (χ4v) is 7.78. The highest BCUT2D eigenvalue weighted by Crippen LogP contribution is 2.65. The molecule has 0 unspecified atom stereocenters. The number of fused-ring (bicyclic) bond motifs is 5. The molecule has 7 nitrogen and oxygen atoms in total. The Hall–Kier alpha value is -1.92. The first-order valence-electron chi connectivity index (χ1n) is 12.1. The molecular formula is C25H36O7. The molecule has 4 saturated carbocycles. The lowest BCUT2D eigenvalue weighted by Crippen LogP contribution is -2.54. The SMILES string of the molecule is CC(=O)OCC(=O)O[C@H]1C[C@H]2[C@@H]3CC[C@H]4C[C@@H](OC(C)=O)CC[C@]4(C)[C@H]3CC[C@]2(C)C1=O. The third-order valence-electron chi connectivity index (χ3n) is 9.33. The largest absolute Gasteiger partial charge is 0.463 e. The van der Waals surface area contributed by atoms with Crippen LogP contribution in [-0.2, 0) is 33.4 Å². The molecule has 0 N–H and O–H groups in total. The highest BCUT2D eigenvalue weighted by atomic mass is 16.6. The number of ketones is 1. The second-order valence-electron chi connectivity index (χ2n) is 11.0. The Morgan fingerprint density at radius 3 is 2.34 bits per heavy atom. The van der Waals surface area contributed by atoms with E-state index in [9.17, 15) is 19.2 Å². The molecule has 0 aliphatic heterocycles. The van der Waals surface area contributed by atoms with Crippen LogP contribution in [0.3, 0.4) is 0 Å². The molecule has 0 saturated heterocycles. The van der Waals surface area contributed by atoms with E-state index in [0.717, 1.165) is 44.9 Å². The van der Waals surface area contributed by atoms with Crippen molar-refractivity contribution in [1.82, 2.24) is 0 Å². The fourth-order valence-electron chi connectivity index (χ4n) is 7.78. The predicted octanol–water partition coefficient (Wildman–Crippen LogP) is 3.61. The standard InChI is InChI=1S/C25H36O7/c1-14(26)30-13-22(28)32-21-12-20-18-6-5-16-11-17(31-15(2)27)7-9-24(16,3)19(18)8-10-25(20,4)23(21)29/h16-21H,5-13H2,1-4H3/t16-,17-,18+,19-,20-,21-,24-,25-/m0/s1. The summed E-state index contributed by atoms with van der Waals surface area (Å²) in [6.45, 7) is 6.74. The molecule has 4 aliphatic rings. The van der Waals surface area contributed by atoms with Crippen LogP contribution in [0, 0.1) is 34.5 Å². The molecule has 4 aliphatic carbocycles. The van der Waals surface area contributed by atoms with Gasteiger partial charge in [-0.05, 0) is 80.5 Å². The van der Waals surface area contributed by atoms with E-state index in [1.807, 2.05) is 0 Å². The lowest BCUT2D eigenvalue weighted by Gasteiger charge is -2.60. The first kappa shape index (κ1) is 23.2. The molecule has 0 heterocycles. The summed E-state index contributed by atoms with van der Waals surface area (Å²) in [6.07, 6.45) is 6.76. The molecule has 32 heavy (non-hydrogen) atoms. The highest BCUT2D eigenvalue weighted by molar-refractivity contribution is 5.93. The molecule has 0 spiro atoms. The smallest absolute Gasteiger partial charge is 0.344 e. The fraction of sp³-hybridized carbons (Fsp3) is 0.840. The number of hydrogen-bond acceptors (Lipinski definition) is 7. The van der Waals surface area contributed by atoms with Gasteiger partial charge in [-0.15, -0.1) is 0 Å². The van der Waals surface area contributed by atoms with Crippen molar-refractivity contribution >= 4 is 23.7 Å². The van der Waals surface area contributed by atoms with E-state index in [2.05, 4.69) is 13.8 Å². The quantitative estimate of drug-likeness (QED) is 0.479. The summed E-state index contributed by atoms with van der Waals surface area (Å²) >= 11 is 0. The van der Waals surface area contributed by atoms with Gasteiger partial charge in [-0.3, -0.25) is 14.4 Å². The maximum absolute atomic E-state index is 13.3. The van der Waals surface area contributed by atoms with Crippen molar-refractivity contribution in [2.45, 2.75) is 91.3 Å². The summed E-state index contributed by atoms with van der Waals surface area (Å²) in [5, 5.41) is 0. The second-order valence-corrected chi connectivity index (χ2v) is 11.0. The third kappa shape index (κ3) is 3.96. The van der Waals surface area contributed by atoms with E-state index in [-0.39, 0.29) is 29.2 Å². The number of carbonyl (C=O) groups excluding carboxylic acids is 4. The third-order valence-corrected chi connectivity index (χ3v) is 9.33. The Kier molecular flexibility index (Phi) is 6.14. The summed E-state index contributed by atoms with van der Waals surface area (Å²) in [4.78, 5) is 47.8. The summed E-state index contributed by atoms with van der Waals surface area (Å²) in [5.74, 6) is 0.378. The first-order chi connectivity index (χ1) is 15.0. The molecule has 7 heteroatoms.